The van der Waals surface area contributed by atoms with Crippen molar-refractivity contribution in [2.24, 2.45) is 5.92 Å². The summed E-state index contributed by atoms with van der Waals surface area (Å²) in [5.74, 6) is 1.98. The van der Waals surface area contributed by atoms with E-state index >= 15 is 0 Å². The summed E-state index contributed by atoms with van der Waals surface area (Å²) in [5, 5.41) is 10.2. The molecule has 0 amide bonds. The number of ether oxygens (including phenoxy) is 1. The molecule has 0 aromatic heterocycles. The fourth-order valence-corrected chi connectivity index (χ4v) is 7.13. The lowest BCUT2D eigenvalue weighted by atomic mass is 9.93. The monoisotopic (exact) mass is 721 g/mol. The highest BCUT2D eigenvalue weighted by atomic mass is 16.5. The standard InChI is InChI=1S/C37H74O2.C11H22O/c1-5-8-11-14-16-18-22-27-32-37(38)33-28-23-19-17-20-24-29-34-39-35(4)36(30-25-13-10-7-3)31-26-21-15-12-9-6-2;1-3-4-5-6-7-8-9-10-11(2)12/h36-38H,4-34H2,1-3H3;3-10H2,1-2H3. The Kier molecular flexibility index (Phi) is 46.5. The first kappa shape index (κ1) is 52.3. The van der Waals surface area contributed by atoms with Crippen molar-refractivity contribution in [3.05, 3.63) is 12.3 Å². The van der Waals surface area contributed by atoms with Gasteiger partial charge in [0.2, 0.25) is 0 Å². The molecule has 0 saturated carbocycles. The first-order chi connectivity index (χ1) is 24.9. The quantitative estimate of drug-likeness (QED) is 0.0505. The highest BCUT2D eigenvalue weighted by Gasteiger charge is 2.14. The fourth-order valence-electron chi connectivity index (χ4n) is 7.13. The van der Waals surface area contributed by atoms with E-state index < -0.39 is 0 Å². The van der Waals surface area contributed by atoms with Crippen LogP contribution in [0.4, 0.5) is 0 Å². The Labute approximate surface area is 322 Å². The highest BCUT2D eigenvalue weighted by molar-refractivity contribution is 5.75. The van der Waals surface area contributed by atoms with Gasteiger partial charge in [-0.1, -0.05) is 227 Å². The number of carbonyl (C=O) groups excluding carboxylic acids is 1. The number of allylic oxidation sites excluding steroid dienone is 1. The molecule has 1 N–H and O–H groups in total. The molecule has 3 heteroatoms. The number of carbonyl (C=O) groups is 1. The number of unbranched alkanes of at least 4 members (excludes halogenated alkanes) is 27. The second kappa shape index (κ2) is 45.3. The number of rotatable bonds is 41. The topological polar surface area (TPSA) is 46.5 Å². The van der Waals surface area contributed by atoms with E-state index in [1.807, 2.05) is 0 Å². The van der Waals surface area contributed by atoms with Gasteiger partial charge in [-0.05, 0) is 45.4 Å². The van der Waals surface area contributed by atoms with E-state index in [0.717, 1.165) is 44.5 Å². The third kappa shape index (κ3) is 45.3. The van der Waals surface area contributed by atoms with Crippen LogP contribution in [0.25, 0.3) is 0 Å². The third-order valence-electron chi connectivity index (χ3n) is 10.8. The van der Waals surface area contributed by atoms with Crippen LogP contribution in [-0.2, 0) is 9.53 Å². The van der Waals surface area contributed by atoms with Crippen LogP contribution in [0.2, 0.25) is 0 Å². The van der Waals surface area contributed by atoms with Crippen molar-refractivity contribution in [3.8, 4) is 0 Å². The SMILES string of the molecule is C=C(OCCCCCCCCCC(O)CCCCCCCCCC)C(CCCCCC)CCCCCCCC.CCCCCCCCCC(C)=O. The molecule has 0 bridgehead atoms. The maximum Gasteiger partial charge on any atom is 0.129 e. The van der Waals surface area contributed by atoms with Crippen LogP contribution in [-0.4, -0.2) is 23.6 Å². The molecule has 0 spiro atoms. The van der Waals surface area contributed by atoms with Crippen LogP contribution in [0.1, 0.15) is 272 Å². The molecule has 0 aliphatic heterocycles. The van der Waals surface area contributed by atoms with Crippen molar-refractivity contribution in [2.75, 3.05) is 6.61 Å². The van der Waals surface area contributed by atoms with Gasteiger partial charge in [-0.3, -0.25) is 0 Å². The largest absolute Gasteiger partial charge is 0.498 e. The maximum atomic E-state index is 10.6. The fraction of sp³-hybridized carbons (Fsp3) is 0.938. The van der Waals surface area contributed by atoms with Gasteiger partial charge in [0.05, 0.1) is 18.5 Å². The van der Waals surface area contributed by atoms with Gasteiger partial charge >= 0.3 is 0 Å². The summed E-state index contributed by atoms with van der Waals surface area (Å²) in [5.41, 5.74) is 0. The minimum absolute atomic E-state index is 0.0631. The summed E-state index contributed by atoms with van der Waals surface area (Å²) in [6.45, 7) is 16.0. The summed E-state index contributed by atoms with van der Waals surface area (Å²) < 4.78 is 6.18. The molecule has 0 rings (SSSR count). The molecule has 2 atom stereocenters. The first-order valence-corrected chi connectivity index (χ1v) is 23.4. The Morgan fingerprint density at radius 1 is 0.451 bits per heavy atom. The van der Waals surface area contributed by atoms with Gasteiger partial charge in [-0.2, -0.15) is 0 Å². The summed E-state index contributed by atoms with van der Waals surface area (Å²) >= 11 is 0. The van der Waals surface area contributed by atoms with Crippen molar-refractivity contribution >= 4 is 5.78 Å². The second-order valence-corrected chi connectivity index (χ2v) is 16.2. The molecule has 0 aliphatic carbocycles. The molecule has 0 aliphatic rings. The zero-order valence-corrected chi connectivity index (χ0v) is 36.0. The smallest absolute Gasteiger partial charge is 0.129 e. The minimum atomic E-state index is -0.0631. The van der Waals surface area contributed by atoms with E-state index in [1.54, 1.807) is 6.92 Å². The molecule has 0 radical (unpaired) electrons. The second-order valence-electron chi connectivity index (χ2n) is 16.2. The number of hydrogen-bond donors (Lipinski definition) is 1. The molecule has 2 unspecified atom stereocenters. The van der Waals surface area contributed by atoms with Crippen molar-refractivity contribution in [1.29, 1.82) is 0 Å². The van der Waals surface area contributed by atoms with Gasteiger partial charge in [0.25, 0.3) is 0 Å². The molecule has 306 valence electrons. The number of hydrogen-bond acceptors (Lipinski definition) is 3. The summed E-state index contributed by atoms with van der Waals surface area (Å²) in [6.07, 6.45) is 47.5. The van der Waals surface area contributed by atoms with Crippen molar-refractivity contribution in [3.63, 3.8) is 0 Å². The van der Waals surface area contributed by atoms with Gasteiger partial charge in [-0.15, -0.1) is 0 Å². The van der Waals surface area contributed by atoms with Crippen molar-refractivity contribution in [2.45, 2.75) is 278 Å². The van der Waals surface area contributed by atoms with E-state index in [-0.39, 0.29) is 6.10 Å². The molecule has 0 fully saturated rings. The van der Waals surface area contributed by atoms with E-state index in [2.05, 4.69) is 34.3 Å². The summed E-state index contributed by atoms with van der Waals surface area (Å²) in [6, 6.07) is 0. The van der Waals surface area contributed by atoms with Crippen LogP contribution in [0.15, 0.2) is 12.3 Å². The van der Waals surface area contributed by atoms with Crippen molar-refractivity contribution < 1.29 is 14.6 Å². The van der Waals surface area contributed by atoms with Crippen molar-refractivity contribution in [1.82, 2.24) is 0 Å². The Hall–Kier alpha value is -0.830. The maximum absolute atomic E-state index is 10.6. The predicted molar refractivity (Wildman–Crippen MR) is 229 cm³/mol. The summed E-state index contributed by atoms with van der Waals surface area (Å²) in [7, 11) is 0. The average molecular weight is 721 g/mol. The molecule has 0 aromatic carbocycles. The average Bonchev–Trinajstić information content (AvgIpc) is 3.12. The predicted octanol–water partition coefficient (Wildman–Crippen LogP) is 16.6. The highest BCUT2D eigenvalue weighted by Crippen LogP contribution is 2.26. The molecule has 0 saturated heterocycles. The van der Waals surface area contributed by atoms with Crippen LogP contribution in [0.5, 0.6) is 0 Å². The van der Waals surface area contributed by atoms with Gasteiger partial charge in [-0.25, -0.2) is 0 Å². The Morgan fingerprint density at radius 3 is 1.12 bits per heavy atom. The van der Waals surface area contributed by atoms with Gasteiger partial charge in [0, 0.05) is 12.3 Å². The molecule has 0 aromatic rings. The van der Waals surface area contributed by atoms with Crippen LogP contribution in [0, 0.1) is 5.92 Å². The Bertz CT molecular complexity index is 673. The van der Waals surface area contributed by atoms with E-state index in [4.69, 9.17) is 4.74 Å². The van der Waals surface area contributed by atoms with E-state index in [0.29, 0.717) is 11.7 Å². The Balaban J connectivity index is 0. The number of aliphatic hydroxyl groups excluding tert-OH is 1. The molecular weight excluding hydrogens is 625 g/mol. The zero-order valence-electron chi connectivity index (χ0n) is 36.0. The molecule has 0 heterocycles. The van der Waals surface area contributed by atoms with Gasteiger partial charge in [0.1, 0.15) is 5.78 Å². The lowest BCUT2D eigenvalue weighted by Crippen LogP contribution is -2.08. The van der Waals surface area contributed by atoms with E-state index in [9.17, 15) is 9.90 Å². The lowest BCUT2D eigenvalue weighted by molar-refractivity contribution is -0.117. The number of Topliss-reactive ketones (excluding diaryl/α,β-unsaturated/α-hetero) is 1. The first-order valence-electron chi connectivity index (χ1n) is 23.4. The van der Waals surface area contributed by atoms with Crippen LogP contribution >= 0.6 is 0 Å². The van der Waals surface area contributed by atoms with Crippen LogP contribution < -0.4 is 0 Å². The molecule has 3 nitrogen and oxygen atoms in total. The van der Waals surface area contributed by atoms with Gasteiger partial charge < -0.3 is 14.6 Å². The van der Waals surface area contributed by atoms with Gasteiger partial charge in [0.15, 0.2) is 0 Å². The number of ketones is 1. The number of aliphatic hydroxyl groups is 1. The minimum Gasteiger partial charge on any atom is -0.498 e. The van der Waals surface area contributed by atoms with E-state index in [1.165, 1.54) is 205 Å². The third-order valence-corrected chi connectivity index (χ3v) is 10.8. The zero-order chi connectivity index (χ0) is 37.9. The molecule has 51 heavy (non-hydrogen) atoms. The summed E-state index contributed by atoms with van der Waals surface area (Å²) in [4.78, 5) is 10.6. The normalized spacial score (nSPS) is 12.4. The lowest BCUT2D eigenvalue weighted by Gasteiger charge is -2.20. The van der Waals surface area contributed by atoms with Crippen LogP contribution in [0.3, 0.4) is 0 Å². The molecular formula is C48H96O3. The Morgan fingerprint density at radius 2 is 0.745 bits per heavy atom.